The number of hydrogen-bond donors (Lipinski definition) is 0. The normalized spacial score (nSPS) is 23.0. The zero-order valence-corrected chi connectivity index (χ0v) is 11.5. The molecule has 0 radical (unpaired) electrons. The molecule has 0 amide bonds. The van der Waals surface area contributed by atoms with Gasteiger partial charge in [0.05, 0.1) is 12.0 Å². The monoisotopic (exact) mass is 262 g/mol. The molecule has 1 aromatic rings. The van der Waals surface area contributed by atoms with E-state index < -0.39 is 0 Å². The zero-order valence-electron chi connectivity index (χ0n) is 10.8. The minimum Gasteiger partial charge on any atom is -0.490 e. The molecular weight excluding hydrogens is 244 g/mol. The molecule has 0 saturated heterocycles. The molecule has 1 nitrogen and oxygen atoms in total. The number of alkyl halides is 1. The van der Waals surface area contributed by atoms with Gasteiger partial charge in [-0.25, -0.2) is 0 Å². The highest BCUT2D eigenvalue weighted by Crippen LogP contribution is 2.27. The van der Waals surface area contributed by atoms with Crippen molar-refractivity contribution in [1.82, 2.24) is 0 Å². The second kappa shape index (κ2) is 6.71. The van der Waals surface area contributed by atoms with Gasteiger partial charge in [0.25, 0.3) is 0 Å². The lowest BCUT2D eigenvalue weighted by Gasteiger charge is -2.26. The summed E-state index contributed by atoms with van der Waals surface area (Å²) >= 11 is 5.52. The van der Waals surface area contributed by atoms with Crippen LogP contribution >= 0.6 is 11.6 Å². The van der Waals surface area contributed by atoms with E-state index in [9.17, 15) is 0 Å². The summed E-state index contributed by atoms with van der Waals surface area (Å²) in [6, 6.07) is 7.97. The molecule has 0 atom stereocenters. The highest BCUT2D eigenvalue weighted by molar-refractivity contribution is 6.19. The van der Waals surface area contributed by atoms with Gasteiger partial charge in [-0.15, -0.1) is 11.6 Å². The van der Waals surface area contributed by atoms with Crippen molar-refractivity contribution in [2.45, 2.75) is 38.7 Å². The molecule has 1 aliphatic rings. The minimum absolute atomic E-state index is 0.374. The van der Waals surface area contributed by atoms with Crippen LogP contribution in [0.4, 0.5) is 0 Å². The first-order valence-electron chi connectivity index (χ1n) is 6.59. The van der Waals surface area contributed by atoms with Crippen LogP contribution in [0.15, 0.2) is 24.3 Å². The van der Waals surface area contributed by atoms with E-state index in [4.69, 9.17) is 16.3 Å². The molecule has 0 bridgehead atoms. The van der Waals surface area contributed by atoms with Crippen molar-refractivity contribution < 1.29 is 4.74 Å². The van der Waals surface area contributed by atoms with Crippen LogP contribution in [0.5, 0.6) is 5.75 Å². The van der Waals surface area contributed by atoms with Gasteiger partial charge in [0.15, 0.2) is 0 Å². The second-order valence-corrected chi connectivity index (χ2v) is 5.23. The van der Waals surface area contributed by atoms with Gasteiger partial charge in [0.2, 0.25) is 0 Å². The van der Waals surface area contributed by atoms with Crippen LogP contribution in [0.2, 0.25) is 0 Å². The Morgan fingerprint density at radius 3 is 2.44 bits per heavy atom. The summed E-state index contributed by atoms with van der Waals surface area (Å²) in [6.07, 6.45) is 5.30. The topological polar surface area (TPSA) is 9.23 Å². The third-order valence-corrected chi connectivity index (χ3v) is 3.55. The van der Waals surface area contributed by atoms with Crippen molar-refractivity contribution in [3.05, 3.63) is 29.8 Å². The predicted octanol–water partition coefficient (Wildman–Crippen LogP) is 4.23. The molecule has 2 rings (SSSR count). The first-order valence-corrected chi connectivity index (χ1v) is 7.13. The lowest BCUT2D eigenvalue weighted by Crippen LogP contribution is -2.22. The summed E-state index contributed by atoms with van der Waals surface area (Å²) in [7, 11) is 0. The van der Waals surface area contributed by atoms with E-state index in [1.165, 1.54) is 25.7 Å². The second-order valence-electron chi connectivity index (χ2n) is 4.96. The summed E-state index contributed by atoms with van der Waals surface area (Å²) in [5.74, 6) is 8.02. The van der Waals surface area contributed by atoms with Gasteiger partial charge in [-0.3, -0.25) is 0 Å². The lowest BCUT2D eigenvalue weighted by atomic mass is 9.89. The first kappa shape index (κ1) is 13.3. The number of rotatable bonds is 2. The molecule has 1 saturated carbocycles. The summed E-state index contributed by atoms with van der Waals surface area (Å²) in [5, 5.41) is 0. The van der Waals surface area contributed by atoms with E-state index >= 15 is 0 Å². The fourth-order valence-corrected chi connectivity index (χ4v) is 2.36. The molecule has 18 heavy (non-hydrogen) atoms. The number of halogens is 1. The van der Waals surface area contributed by atoms with E-state index in [-0.39, 0.29) is 0 Å². The molecule has 1 aliphatic carbocycles. The summed E-state index contributed by atoms with van der Waals surface area (Å²) < 4.78 is 5.99. The Morgan fingerprint density at radius 2 is 1.83 bits per heavy atom. The van der Waals surface area contributed by atoms with E-state index in [1.54, 1.807) is 0 Å². The van der Waals surface area contributed by atoms with Gasteiger partial charge in [0.1, 0.15) is 5.75 Å². The van der Waals surface area contributed by atoms with Crippen LogP contribution in [-0.2, 0) is 0 Å². The van der Waals surface area contributed by atoms with E-state index in [0.29, 0.717) is 12.0 Å². The zero-order chi connectivity index (χ0) is 12.8. The standard InChI is InChI=1S/C16H19ClO/c1-13-4-8-15(9-5-13)18-16-10-6-14(7-11-16)3-2-12-17/h6-7,10-11,13,15H,4-5,8-9,12H2,1H3. The molecule has 0 N–H and O–H groups in total. The van der Waals surface area contributed by atoms with Crippen molar-refractivity contribution >= 4 is 11.6 Å². The maximum Gasteiger partial charge on any atom is 0.119 e. The molecule has 2 heteroatoms. The highest BCUT2D eigenvalue weighted by Gasteiger charge is 2.19. The van der Waals surface area contributed by atoms with E-state index in [2.05, 4.69) is 18.8 Å². The summed E-state index contributed by atoms with van der Waals surface area (Å²) in [4.78, 5) is 0. The van der Waals surface area contributed by atoms with Crippen LogP contribution in [0.25, 0.3) is 0 Å². The summed E-state index contributed by atoms with van der Waals surface area (Å²) in [6.45, 7) is 2.32. The number of hydrogen-bond acceptors (Lipinski definition) is 1. The third kappa shape index (κ3) is 3.96. The molecule has 1 aromatic carbocycles. The number of ether oxygens (including phenoxy) is 1. The maximum atomic E-state index is 5.99. The van der Waals surface area contributed by atoms with Crippen LogP contribution in [0, 0.1) is 17.8 Å². The van der Waals surface area contributed by atoms with Crippen LogP contribution in [0.3, 0.4) is 0 Å². The lowest BCUT2D eigenvalue weighted by molar-refractivity contribution is 0.135. The van der Waals surface area contributed by atoms with Gasteiger partial charge in [0, 0.05) is 5.56 Å². The molecule has 0 aromatic heterocycles. The quantitative estimate of drug-likeness (QED) is 0.572. The average molecular weight is 263 g/mol. The van der Waals surface area contributed by atoms with E-state index in [1.807, 2.05) is 24.3 Å². The first-order chi connectivity index (χ1) is 8.78. The Kier molecular flexibility index (Phi) is 4.96. The molecule has 0 aliphatic heterocycles. The van der Waals surface area contributed by atoms with Gasteiger partial charge in [-0.1, -0.05) is 18.8 Å². The van der Waals surface area contributed by atoms with Crippen molar-refractivity contribution in [1.29, 1.82) is 0 Å². The average Bonchev–Trinajstić information content (AvgIpc) is 2.41. The van der Waals surface area contributed by atoms with Gasteiger partial charge >= 0.3 is 0 Å². The van der Waals surface area contributed by atoms with Crippen LogP contribution in [0.1, 0.15) is 38.2 Å². The van der Waals surface area contributed by atoms with E-state index in [0.717, 1.165) is 17.2 Å². The molecule has 0 heterocycles. The molecule has 0 spiro atoms. The molecule has 0 unspecified atom stereocenters. The maximum absolute atomic E-state index is 5.99. The van der Waals surface area contributed by atoms with Crippen LogP contribution < -0.4 is 4.74 Å². The molecular formula is C16H19ClO. The third-order valence-electron chi connectivity index (χ3n) is 3.42. The predicted molar refractivity (Wildman–Crippen MR) is 76.1 cm³/mol. The minimum atomic E-state index is 0.374. The Labute approximate surface area is 114 Å². The summed E-state index contributed by atoms with van der Waals surface area (Å²) in [5.41, 5.74) is 0.986. The Balaban J connectivity index is 1.90. The van der Waals surface area contributed by atoms with Crippen molar-refractivity contribution in [2.24, 2.45) is 5.92 Å². The van der Waals surface area contributed by atoms with Crippen LogP contribution in [-0.4, -0.2) is 12.0 Å². The van der Waals surface area contributed by atoms with Crippen molar-refractivity contribution in [3.8, 4) is 17.6 Å². The molecule has 96 valence electrons. The Hall–Kier alpha value is -1.13. The number of benzene rings is 1. The smallest absolute Gasteiger partial charge is 0.119 e. The van der Waals surface area contributed by atoms with Gasteiger partial charge in [-0.2, -0.15) is 0 Å². The Bertz CT molecular complexity index is 419. The fourth-order valence-electron chi connectivity index (χ4n) is 2.29. The Morgan fingerprint density at radius 1 is 1.17 bits per heavy atom. The molecule has 1 fully saturated rings. The van der Waals surface area contributed by atoms with Crippen molar-refractivity contribution in [2.75, 3.05) is 5.88 Å². The highest BCUT2D eigenvalue weighted by atomic mass is 35.5. The fraction of sp³-hybridized carbons (Fsp3) is 0.500. The largest absolute Gasteiger partial charge is 0.490 e. The SMILES string of the molecule is CC1CCC(Oc2ccc(C#CCCl)cc2)CC1. The van der Waals surface area contributed by atoms with Crippen molar-refractivity contribution in [3.63, 3.8) is 0 Å². The van der Waals surface area contributed by atoms with Gasteiger partial charge < -0.3 is 4.74 Å². The van der Waals surface area contributed by atoms with Gasteiger partial charge in [-0.05, 0) is 55.9 Å².